The maximum atomic E-state index is 11.0. The molecule has 0 aliphatic carbocycles. The summed E-state index contributed by atoms with van der Waals surface area (Å²) in [4.78, 5) is 127. The van der Waals surface area contributed by atoms with E-state index in [1.165, 1.54) is 100 Å². The van der Waals surface area contributed by atoms with Crippen LogP contribution in [0.2, 0.25) is 0 Å². The number of carbonyl (C=O) groups is 12. The number of aromatic carboxylic acids is 5. The van der Waals surface area contributed by atoms with E-state index in [1.807, 2.05) is 0 Å². The van der Waals surface area contributed by atoms with Gasteiger partial charge in [0.25, 0.3) is 17.7 Å². The normalized spacial score (nSPS) is 9.42. The van der Waals surface area contributed by atoms with Crippen LogP contribution in [-0.2, 0) is 19.2 Å². The lowest BCUT2D eigenvalue weighted by Gasteiger charge is -2.08. The molecule has 3 amide bonds. The predicted molar refractivity (Wildman–Crippen MR) is 343 cm³/mol. The van der Waals surface area contributed by atoms with Crippen molar-refractivity contribution >= 4 is 71.4 Å². The molecule has 15 N–H and O–H groups in total. The molecule has 0 aliphatic heterocycles. The third-order valence-electron chi connectivity index (χ3n) is 11.4. The summed E-state index contributed by atoms with van der Waals surface area (Å²) >= 11 is 0. The SMILES string of the molecule is CC(=O)Oc1c(C)cccc1C(=O)O.CC(=O)Oc1c(C)cccc1C(N)=O.CC(=O)Oc1ccccc1C(=O)O.CC(=O)Oc1ccccc1C(N)=O.Cc1cccc(C(=O)O)c1O.Cc1cccc(C(N)=O)c1O.O=C(O)c1ccccc1O.O=C(O)c1ccccc1O. The van der Waals surface area contributed by atoms with Crippen LogP contribution in [0.5, 0.6) is 46.0 Å². The molecule has 0 aromatic heterocycles. The van der Waals surface area contributed by atoms with Crippen molar-refractivity contribution in [1.82, 2.24) is 0 Å². The highest BCUT2D eigenvalue weighted by Crippen LogP contribution is 2.26. The Kier molecular flexibility index (Phi) is 33.9. The highest BCUT2D eigenvalue weighted by Gasteiger charge is 2.17. The van der Waals surface area contributed by atoms with Crippen molar-refractivity contribution in [2.45, 2.75) is 55.4 Å². The third-order valence-corrected chi connectivity index (χ3v) is 11.4. The number of carboxylic acid groups (broad SMARTS) is 5. The highest BCUT2D eigenvalue weighted by atomic mass is 16.5. The largest absolute Gasteiger partial charge is 0.507 e. The van der Waals surface area contributed by atoms with E-state index in [0.717, 1.165) is 0 Å². The maximum Gasteiger partial charge on any atom is 0.339 e. The van der Waals surface area contributed by atoms with Crippen LogP contribution in [-0.4, -0.2) is 117 Å². The van der Waals surface area contributed by atoms with Gasteiger partial charge in [-0.1, -0.05) is 97.1 Å². The molecule has 0 fully saturated rings. The molecule has 0 saturated carbocycles. The molecule has 28 heteroatoms. The Morgan fingerprint density at radius 3 is 0.823 bits per heavy atom. The van der Waals surface area contributed by atoms with Gasteiger partial charge in [-0.2, -0.15) is 0 Å². The summed E-state index contributed by atoms with van der Waals surface area (Å²) in [5.41, 5.74) is 18.1. The molecule has 0 atom stereocenters. The van der Waals surface area contributed by atoms with E-state index in [1.54, 1.807) is 125 Å². The number of nitrogens with two attached hydrogens (primary N) is 3. The first-order valence-electron chi connectivity index (χ1n) is 27.2. The van der Waals surface area contributed by atoms with Gasteiger partial charge in [0.15, 0.2) is 0 Å². The number of esters is 4. The molecule has 0 aliphatic rings. The van der Waals surface area contributed by atoms with E-state index in [0.29, 0.717) is 22.3 Å². The number of para-hydroxylation sites is 8. The van der Waals surface area contributed by atoms with Crippen LogP contribution in [0, 0.1) is 27.7 Å². The fourth-order valence-electron chi connectivity index (χ4n) is 7.03. The summed E-state index contributed by atoms with van der Waals surface area (Å²) in [6.45, 7) is 11.8. The number of carboxylic acids is 5. The second-order valence-electron chi connectivity index (χ2n) is 18.9. The van der Waals surface area contributed by atoms with E-state index in [9.17, 15) is 67.7 Å². The predicted octanol–water partition coefficient (Wildman–Crippen LogP) is 9.04. The quantitative estimate of drug-likeness (QED) is 0.0400. The molecule has 28 nitrogen and oxygen atoms in total. The lowest BCUT2D eigenvalue weighted by Crippen LogP contribution is -2.15. The number of rotatable bonds is 12. The average Bonchev–Trinajstić information content (AvgIpc) is 0.949. The van der Waals surface area contributed by atoms with Gasteiger partial charge in [-0.15, -0.1) is 0 Å². The van der Waals surface area contributed by atoms with Gasteiger partial charge in [0.2, 0.25) is 0 Å². The molecule has 504 valence electrons. The highest BCUT2D eigenvalue weighted by molar-refractivity contribution is 5.98. The Morgan fingerprint density at radius 2 is 0.521 bits per heavy atom. The minimum Gasteiger partial charge on any atom is -0.507 e. The van der Waals surface area contributed by atoms with Gasteiger partial charge < -0.3 is 82.1 Å². The minimum absolute atomic E-state index is 0.000185. The number of amides is 3. The summed E-state index contributed by atoms with van der Waals surface area (Å²) in [5, 5.41) is 79.1. The van der Waals surface area contributed by atoms with Crippen LogP contribution in [0.1, 0.15) is 133 Å². The third kappa shape index (κ3) is 28.2. The van der Waals surface area contributed by atoms with Crippen LogP contribution < -0.4 is 36.1 Å². The monoisotopic (exact) mass is 1330 g/mol. The maximum absolute atomic E-state index is 11.0. The number of aryl methyl sites for hydroxylation is 4. The number of ether oxygens (including phenoxy) is 4. The van der Waals surface area contributed by atoms with Crippen LogP contribution in [0.15, 0.2) is 170 Å². The average molecular weight is 1330 g/mol. The summed E-state index contributed by atoms with van der Waals surface area (Å²) in [6, 6.07) is 43.0. The first kappa shape index (κ1) is 80.6. The molecule has 8 rings (SSSR count). The van der Waals surface area contributed by atoms with Crippen LogP contribution in [0.4, 0.5) is 0 Å². The molecule has 0 saturated heterocycles. The van der Waals surface area contributed by atoms with Crippen LogP contribution >= 0.6 is 0 Å². The Labute approximate surface area is 547 Å². The van der Waals surface area contributed by atoms with E-state index in [4.69, 9.17) is 67.2 Å². The van der Waals surface area contributed by atoms with Crippen molar-refractivity contribution in [2.75, 3.05) is 0 Å². The first-order chi connectivity index (χ1) is 44.9. The van der Waals surface area contributed by atoms with Gasteiger partial charge >= 0.3 is 53.7 Å². The van der Waals surface area contributed by atoms with Crippen molar-refractivity contribution in [3.05, 3.63) is 237 Å². The smallest absolute Gasteiger partial charge is 0.339 e. The van der Waals surface area contributed by atoms with E-state index in [2.05, 4.69) is 4.74 Å². The second-order valence-corrected chi connectivity index (χ2v) is 18.9. The van der Waals surface area contributed by atoms with Gasteiger partial charge in [0.05, 0.1) is 16.7 Å². The Bertz CT molecular complexity index is 3860. The zero-order valence-electron chi connectivity index (χ0n) is 52.5. The summed E-state index contributed by atoms with van der Waals surface area (Å²) in [5.74, 6) is -9.33. The van der Waals surface area contributed by atoms with Gasteiger partial charge in [0, 0.05) is 27.7 Å². The standard InChI is InChI=1S/C10H11NO3.C10H10O4.C9H9NO3.C9H8O4.C8H9NO2.C8H8O3.2C7H6O3/c1-6-4-3-5-8(10(11)13)9(6)14-7(2)12;1-6-4-3-5-8(10(12)13)9(6)14-7(2)11;1-6(11)13-8-5-3-2-4-7(8)9(10)12;1-6(10)13-8-5-3-2-4-7(8)9(11)12;1-5-3-2-4-6(7(5)10)8(9)11;1-5-3-2-4-6(7(5)9)8(10)11;2*8-6-4-2-1-3-5(6)7(9)10/h3-5H,1-2H3,(H2,11,13);3-5H,1-2H3,(H,12,13);2-5H,1H3,(H2,10,12);2-5H,1H3,(H,11,12);2-4,10H,1H3,(H2,9,11);2-4,9H,1H3,(H,10,11);2*1-4,8H,(H,9,10). The second kappa shape index (κ2) is 40.4. The Balaban J connectivity index is 0.000000550. The molecule has 8 aromatic carbocycles. The van der Waals surface area contributed by atoms with E-state index in [-0.39, 0.29) is 90.5 Å². The number of hydrogen-bond acceptors (Lipinski definition) is 20. The van der Waals surface area contributed by atoms with E-state index >= 15 is 0 Å². The number of hydrogen-bond donors (Lipinski definition) is 12. The summed E-state index contributed by atoms with van der Waals surface area (Å²) < 4.78 is 19.2. The zero-order chi connectivity index (χ0) is 73.1. The number of phenols is 4. The summed E-state index contributed by atoms with van der Waals surface area (Å²) in [7, 11) is 0. The van der Waals surface area contributed by atoms with Gasteiger partial charge in [-0.3, -0.25) is 33.6 Å². The van der Waals surface area contributed by atoms with Crippen molar-refractivity contribution < 1.29 is 122 Å². The number of aromatic hydroxyl groups is 4. The van der Waals surface area contributed by atoms with Gasteiger partial charge in [0.1, 0.15) is 73.8 Å². The summed E-state index contributed by atoms with van der Waals surface area (Å²) in [6.07, 6.45) is 0. The molecule has 0 bridgehead atoms. The fourth-order valence-corrected chi connectivity index (χ4v) is 7.03. The molecule has 0 radical (unpaired) electrons. The molecule has 8 aromatic rings. The number of benzene rings is 8. The van der Waals surface area contributed by atoms with Crippen molar-refractivity contribution in [3.8, 4) is 46.0 Å². The van der Waals surface area contributed by atoms with E-state index < -0.39 is 71.4 Å². The van der Waals surface area contributed by atoms with Gasteiger partial charge in [-0.25, -0.2) is 24.0 Å². The Morgan fingerprint density at radius 1 is 0.271 bits per heavy atom. The number of primary amides is 3. The van der Waals surface area contributed by atoms with Crippen LogP contribution in [0.3, 0.4) is 0 Å². The lowest BCUT2D eigenvalue weighted by molar-refractivity contribution is -0.132. The first-order valence-corrected chi connectivity index (χ1v) is 27.2. The fraction of sp³-hybridized carbons (Fsp3) is 0.118. The van der Waals surface area contributed by atoms with Crippen molar-refractivity contribution in [2.24, 2.45) is 17.2 Å². The molecular formula is C68H67N3O25. The molecule has 0 heterocycles. The zero-order valence-corrected chi connectivity index (χ0v) is 52.5. The molecule has 96 heavy (non-hydrogen) atoms. The Hall–Kier alpha value is -13.4. The molecular weight excluding hydrogens is 1260 g/mol. The van der Waals surface area contributed by atoms with Crippen molar-refractivity contribution in [1.29, 1.82) is 0 Å². The molecule has 0 spiro atoms. The van der Waals surface area contributed by atoms with Crippen LogP contribution in [0.25, 0.3) is 0 Å². The van der Waals surface area contributed by atoms with Crippen molar-refractivity contribution in [3.63, 3.8) is 0 Å². The minimum atomic E-state index is -1.11. The lowest BCUT2D eigenvalue weighted by atomic mass is 10.1. The van der Waals surface area contributed by atoms with Gasteiger partial charge in [-0.05, 0) is 123 Å². The molecule has 0 unspecified atom stereocenters. The number of carbonyl (C=O) groups excluding carboxylic acids is 7. The topological polar surface area (TPSA) is 502 Å².